The van der Waals surface area contributed by atoms with E-state index in [-0.39, 0.29) is 13.2 Å². The van der Waals surface area contributed by atoms with Crippen molar-refractivity contribution in [3.8, 4) is 0 Å². The van der Waals surface area contributed by atoms with E-state index >= 15 is 0 Å². The van der Waals surface area contributed by atoms with Gasteiger partial charge in [-0.1, -0.05) is 0 Å². The normalized spacial score (nSPS) is 30.3. The molecule has 0 aromatic carbocycles. The molecule has 2 N–H and O–H groups in total. The number of fused-ring (bicyclic) bond motifs is 3. The van der Waals surface area contributed by atoms with Crippen molar-refractivity contribution in [1.29, 1.82) is 0 Å². The number of rotatable bonds is 4. The molecule has 2 heterocycles. The second-order valence-corrected chi connectivity index (χ2v) is 6.52. The average molecular weight is 314 g/mol. The molecule has 0 aromatic heterocycles. The van der Waals surface area contributed by atoms with E-state index in [1.165, 1.54) is 12.8 Å². The van der Waals surface area contributed by atoms with Gasteiger partial charge in [-0.15, -0.1) is 0 Å². The Hall–Kier alpha value is -0.240. The molecule has 2 bridgehead atoms. The van der Waals surface area contributed by atoms with Crippen molar-refractivity contribution in [2.24, 2.45) is 0 Å². The van der Waals surface area contributed by atoms with Crippen LogP contribution in [0.4, 0.5) is 0 Å². The lowest BCUT2D eigenvalue weighted by atomic mass is 10.2. The maximum absolute atomic E-state index is 9.21. The lowest BCUT2D eigenvalue weighted by molar-refractivity contribution is 0.106. The second kappa shape index (κ2) is 10.5. The molecule has 0 amide bonds. The standard InChI is InChI=1S/C16H34N4O2/c21-15-13-19-5-1-3-17-7-8-18(10-11-19)4-2-6-20(12-9-17)14-16-22/h21-22H,1-16H2. The van der Waals surface area contributed by atoms with E-state index in [1.807, 2.05) is 0 Å². The summed E-state index contributed by atoms with van der Waals surface area (Å²) in [4.78, 5) is 9.96. The van der Waals surface area contributed by atoms with E-state index < -0.39 is 0 Å². The predicted molar refractivity (Wildman–Crippen MR) is 89.2 cm³/mol. The number of aliphatic hydroxyl groups is 2. The van der Waals surface area contributed by atoms with Gasteiger partial charge in [0, 0.05) is 52.4 Å². The van der Waals surface area contributed by atoms with Crippen molar-refractivity contribution >= 4 is 0 Å². The first-order valence-electron chi connectivity index (χ1n) is 8.93. The van der Waals surface area contributed by atoms with Crippen LogP contribution < -0.4 is 0 Å². The van der Waals surface area contributed by atoms with E-state index in [2.05, 4.69) is 19.6 Å². The lowest BCUT2D eigenvalue weighted by Gasteiger charge is -2.35. The molecule has 0 aromatic rings. The Labute approximate surface area is 135 Å². The summed E-state index contributed by atoms with van der Waals surface area (Å²) in [7, 11) is 0. The van der Waals surface area contributed by atoms with Gasteiger partial charge in [0.05, 0.1) is 13.2 Å². The topological polar surface area (TPSA) is 53.4 Å². The molecule has 0 radical (unpaired) electrons. The molecule has 0 spiro atoms. The maximum Gasteiger partial charge on any atom is 0.0558 e. The van der Waals surface area contributed by atoms with Crippen LogP contribution in [0.3, 0.4) is 0 Å². The van der Waals surface area contributed by atoms with E-state index in [0.29, 0.717) is 0 Å². The molecule has 2 unspecified atom stereocenters. The first-order valence-corrected chi connectivity index (χ1v) is 8.93. The van der Waals surface area contributed by atoms with Gasteiger partial charge in [-0.25, -0.2) is 0 Å². The van der Waals surface area contributed by atoms with Gasteiger partial charge in [0.2, 0.25) is 0 Å². The zero-order valence-electron chi connectivity index (χ0n) is 14.0. The SMILES string of the molecule is OCCN1CCCN2CCN(CCO)CCCN(CC1)CC2. The van der Waals surface area contributed by atoms with Crippen LogP contribution in [0.25, 0.3) is 0 Å². The van der Waals surface area contributed by atoms with E-state index in [0.717, 1.165) is 78.5 Å². The van der Waals surface area contributed by atoms with Gasteiger partial charge in [0.25, 0.3) is 0 Å². The molecule has 22 heavy (non-hydrogen) atoms. The first-order chi connectivity index (χ1) is 10.8. The van der Waals surface area contributed by atoms with Crippen molar-refractivity contribution in [2.75, 3.05) is 91.8 Å². The Morgan fingerprint density at radius 3 is 1.32 bits per heavy atom. The van der Waals surface area contributed by atoms with Crippen LogP contribution in [0.1, 0.15) is 12.8 Å². The van der Waals surface area contributed by atoms with Crippen LogP contribution in [0.5, 0.6) is 0 Å². The van der Waals surface area contributed by atoms with E-state index in [4.69, 9.17) is 0 Å². The molecule has 6 heteroatoms. The Bertz CT molecular complexity index is 265. The lowest BCUT2D eigenvalue weighted by Crippen LogP contribution is -2.47. The number of hydrogen-bond donors (Lipinski definition) is 2. The molecular weight excluding hydrogens is 280 g/mol. The molecule has 2 saturated heterocycles. The zero-order valence-corrected chi connectivity index (χ0v) is 14.0. The molecule has 2 aliphatic rings. The molecule has 0 saturated carbocycles. The van der Waals surface area contributed by atoms with Crippen LogP contribution in [0, 0.1) is 0 Å². The summed E-state index contributed by atoms with van der Waals surface area (Å²) >= 11 is 0. The van der Waals surface area contributed by atoms with Gasteiger partial charge in [0.15, 0.2) is 0 Å². The minimum atomic E-state index is 0.264. The first kappa shape index (κ1) is 18.1. The zero-order chi connectivity index (χ0) is 15.6. The third kappa shape index (κ3) is 6.48. The quantitative estimate of drug-likeness (QED) is 0.693. The van der Waals surface area contributed by atoms with Crippen molar-refractivity contribution in [1.82, 2.24) is 19.6 Å². The minimum Gasteiger partial charge on any atom is -0.395 e. The van der Waals surface area contributed by atoms with Gasteiger partial charge in [-0.3, -0.25) is 9.80 Å². The van der Waals surface area contributed by atoms with Crippen molar-refractivity contribution in [3.05, 3.63) is 0 Å². The monoisotopic (exact) mass is 314 g/mol. The number of nitrogens with zero attached hydrogens (tertiary/aromatic N) is 4. The molecule has 2 atom stereocenters. The van der Waals surface area contributed by atoms with Crippen LogP contribution in [-0.2, 0) is 0 Å². The molecule has 0 aliphatic carbocycles. The fraction of sp³-hybridized carbons (Fsp3) is 1.00. The van der Waals surface area contributed by atoms with E-state index in [9.17, 15) is 10.2 Å². The highest BCUT2D eigenvalue weighted by atomic mass is 16.3. The maximum atomic E-state index is 9.21. The summed E-state index contributed by atoms with van der Waals surface area (Å²) < 4.78 is 0. The van der Waals surface area contributed by atoms with Gasteiger partial charge >= 0.3 is 0 Å². The number of β-amino-alcohol motifs (C(OH)–C–C–N with tert-alkyl or cyclic N) is 2. The molecule has 6 nitrogen and oxygen atoms in total. The fourth-order valence-electron chi connectivity index (χ4n) is 3.51. The van der Waals surface area contributed by atoms with Crippen molar-refractivity contribution in [3.63, 3.8) is 0 Å². The molecule has 2 rings (SSSR count). The predicted octanol–water partition coefficient (Wildman–Crippen LogP) is -1.01. The average Bonchev–Trinajstić information content (AvgIpc) is 2.53. The van der Waals surface area contributed by atoms with Gasteiger partial charge in [-0.2, -0.15) is 0 Å². The van der Waals surface area contributed by atoms with Gasteiger partial charge in [0.1, 0.15) is 0 Å². The molecule has 2 aliphatic heterocycles. The highest BCUT2D eigenvalue weighted by Crippen LogP contribution is 2.06. The smallest absolute Gasteiger partial charge is 0.0558 e. The molecular formula is C16H34N4O2. The third-order valence-corrected chi connectivity index (χ3v) is 4.93. The van der Waals surface area contributed by atoms with Gasteiger partial charge < -0.3 is 20.0 Å². The summed E-state index contributed by atoms with van der Waals surface area (Å²) in [6.07, 6.45) is 2.36. The summed E-state index contributed by atoms with van der Waals surface area (Å²) in [6, 6.07) is 0. The highest BCUT2D eigenvalue weighted by Gasteiger charge is 2.17. The Balaban J connectivity index is 1.93. The largest absolute Gasteiger partial charge is 0.395 e. The fourth-order valence-corrected chi connectivity index (χ4v) is 3.51. The van der Waals surface area contributed by atoms with Crippen LogP contribution in [0.2, 0.25) is 0 Å². The second-order valence-electron chi connectivity index (χ2n) is 6.52. The number of aliphatic hydroxyl groups excluding tert-OH is 2. The minimum absolute atomic E-state index is 0.264. The van der Waals surface area contributed by atoms with Gasteiger partial charge in [-0.05, 0) is 39.0 Å². The number of hydrogen-bond acceptors (Lipinski definition) is 6. The summed E-state index contributed by atoms with van der Waals surface area (Å²) in [5.74, 6) is 0. The molecule has 130 valence electrons. The Morgan fingerprint density at radius 2 is 0.909 bits per heavy atom. The van der Waals surface area contributed by atoms with Crippen LogP contribution in [-0.4, -0.2) is 122 Å². The summed E-state index contributed by atoms with van der Waals surface area (Å²) in [5, 5.41) is 18.4. The summed E-state index contributed by atoms with van der Waals surface area (Å²) in [5.41, 5.74) is 0. The van der Waals surface area contributed by atoms with Crippen molar-refractivity contribution in [2.45, 2.75) is 12.8 Å². The molecule has 2 fully saturated rings. The van der Waals surface area contributed by atoms with Crippen LogP contribution in [0.15, 0.2) is 0 Å². The van der Waals surface area contributed by atoms with Crippen molar-refractivity contribution < 1.29 is 10.2 Å². The Morgan fingerprint density at radius 1 is 0.500 bits per heavy atom. The summed E-state index contributed by atoms with van der Waals surface area (Å²) in [6.45, 7) is 13.3. The Kier molecular flexibility index (Phi) is 8.66. The highest BCUT2D eigenvalue weighted by molar-refractivity contribution is 4.73. The van der Waals surface area contributed by atoms with Crippen LogP contribution >= 0.6 is 0 Å². The third-order valence-electron chi connectivity index (χ3n) is 4.93. The van der Waals surface area contributed by atoms with E-state index in [1.54, 1.807) is 0 Å².